The molecule has 8 nitrogen and oxygen atoms in total. The van der Waals surface area contributed by atoms with Gasteiger partial charge in [-0.3, -0.25) is 14.6 Å². The second kappa shape index (κ2) is 7.84. The Morgan fingerprint density at radius 3 is 2.66 bits per heavy atom. The van der Waals surface area contributed by atoms with Crippen LogP contribution in [0.4, 0.5) is 11.4 Å². The molecule has 0 saturated heterocycles. The number of amides is 1. The number of nitrogens with zero attached hydrogens (tertiary/aromatic N) is 5. The predicted molar refractivity (Wildman–Crippen MR) is 110 cm³/mol. The molecular weight excluding hydrogens is 392 g/mol. The molecule has 1 aliphatic rings. The molecule has 0 fully saturated rings. The number of Topliss-reactive ketones (excluding diaryl/α,β-unsaturated/α-hetero) is 1. The summed E-state index contributed by atoms with van der Waals surface area (Å²) in [7, 11) is 0. The van der Waals surface area contributed by atoms with Crippen molar-refractivity contribution in [2.24, 2.45) is 5.10 Å². The fourth-order valence-electron chi connectivity index (χ4n) is 3.12. The number of halogens is 1. The lowest BCUT2D eigenvalue weighted by Gasteiger charge is -2.20. The van der Waals surface area contributed by atoms with Crippen LogP contribution in [0.1, 0.15) is 13.3 Å². The Balaban J connectivity index is 1.62. The van der Waals surface area contributed by atoms with Gasteiger partial charge in [-0.2, -0.15) is 10.2 Å². The van der Waals surface area contributed by atoms with Gasteiger partial charge in [0, 0.05) is 11.4 Å². The number of hydrogen-bond acceptors (Lipinski definition) is 6. The molecule has 0 radical (unpaired) electrons. The molecular formula is C20H17ClN6O2. The van der Waals surface area contributed by atoms with E-state index in [9.17, 15) is 9.59 Å². The maximum absolute atomic E-state index is 12.9. The van der Waals surface area contributed by atoms with Crippen LogP contribution in [0.5, 0.6) is 0 Å². The topological polar surface area (TPSA) is 92.5 Å². The van der Waals surface area contributed by atoms with Crippen molar-refractivity contribution in [1.29, 1.82) is 0 Å². The number of carbonyl (C=O) groups is 2. The van der Waals surface area contributed by atoms with E-state index >= 15 is 0 Å². The van der Waals surface area contributed by atoms with Crippen molar-refractivity contribution in [2.75, 3.05) is 10.3 Å². The highest BCUT2D eigenvalue weighted by Crippen LogP contribution is 2.27. The third kappa shape index (κ3) is 3.88. The van der Waals surface area contributed by atoms with E-state index < -0.39 is 11.9 Å². The van der Waals surface area contributed by atoms with Crippen molar-refractivity contribution < 1.29 is 9.59 Å². The molecule has 1 aromatic heterocycles. The summed E-state index contributed by atoms with van der Waals surface area (Å²) in [6.07, 6.45) is 3.14. The molecule has 9 heteroatoms. The van der Waals surface area contributed by atoms with E-state index in [1.165, 1.54) is 24.3 Å². The molecule has 0 aliphatic carbocycles. The van der Waals surface area contributed by atoms with E-state index in [2.05, 4.69) is 20.5 Å². The average Bonchev–Trinajstić information content (AvgIpc) is 3.39. The summed E-state index contributed by atoms with van der Waals surface area (Å²) in [5.41, 5.74) is 2.09. The van der Waals surface area contributed by atoms with Gasteiger partial charge >= 0.3 is 0 Å². The van der Waals surface area contributed by atoms with Crippen LogP contribution >= 0.6 is 11.6 Å². The van der Waals surface area contributed by atoms with Crippen molar-refractivity contribution in [1.82, 2.24) is 14.8 Å². The summed E-state index contributed by atoms with van der Waals surface area (Å²) >= 11 is 6.11. The molecule has 1 amide bonds. The van der Waals surface area contributed by atoms with Crippen LogP contribution in [-0.4, -0.2) is 38.2 Å². The highest BCUT2D eigenvalue weighted by atomic mass is 35.5. The first-order valence-electron chi connectivity index (χ1n) is 8.91. The number of aromatic nitrogens is 3. The molecule has 2 aromatic carbocycles. The zero-order valence-electron chi connectivity index (χ0n) is 15.5. The van der Waals surface area contributed by atoms with Crippen LogP contribution in [0.2, 0.25) is 5.02 Å². The van der Waals surface area contributed by atoms with E-state index in [4.69, 9.17) is 11.6 Å². The SMILES string of the molecule is CC(=O)C1CC(C(=O)Nc2cc(Cl)ccc2-n2cncn2)=NN1c1ccccc1. The molecule has 1 atom stereocenters. The first-order chi connectivity index (χ1) is 14.0. The van der Waals surface area contributed by atoms with Gasteiger partial charge in [0.2, 0.25) is 0 Å². The van der Waals surface area contributed by atoms with Crippen LogP contribution in [0.3, 0.4) is 0 Å². The summed E-state index contributed by atoms with van der Waals surface area (Å²) in [6.45, 7) is 1.50. The maximum atomic E-state index is 12.9. The molecule has 146 valence electrons. The number of hydrogen-bond donors (Lipinski definition) is 1. The Labute approximate surface area is 171 Å². The predicted octanol–water partition coefficient (Wildman–Crippen LogP) is 3.08. The molecule has 1 aliphatic heterocycles. The van der Waals surface area contributed by atoms with E-state index in [0.717, 1.165) is 5.69 Å². The largest absolute Gasteiger partial charge is 0.319 e. The second-order valence-corrected chi connectivity index (χ2v) is 6.95. The lowest BCUT2D eigenvalue weighted by molar-refractivity contribution is -0.118. The van der Waals surface area contributed by atoms with Gasteiger partial charge in [0.1, 0.15) is 24.4 Å². The molecule has 0 saturated carbocycles. The number of para-hydroxylation sites is 1. The van der Waals surface area contributed by atoms with Crippen LogP contribution in [0.25, 0.3) is 5.69 Å². The number of anilines is 2. The summed E-state index contributed by atoms with van der Waals surface area (Å²) in [6, 6.07) is 13.8. The maximum Gasteiger partial charge on any atom is 0.272 e. The molecule has 1 unspecified atom stereocenters. The smallest absolute Gasteiger partial charge is 0.272 e. The van der Waals surface area contributed by atoms with E-state index in [1.54, 1.807) is 23.2 Å². The zero-order chi connectivity index (χ0) is 20.4. The van der Waals surface area contributed by atoms with Crippen LogP contribution in [-0.2, 0) is 9.59 Å². The van der Waals surface area contributed by atoms with E-state index in [1.807, 2.05) is 30.3 Å². The summed E-state index contributed by atoms with van der Waals surface area (Å²) < 4.78 is 1.52. The minimum Gasteiger partial charge on any atom is -0.319 e. The van der Waals surface area contributed by atoms with Crippen molar-refractivity contribution in [3.63, 3.8) is 0 Å². The molecule has 4 rings (SSSR count). The standard InChI is InChI=1S/C20H17ClN6O2/c1-13(28)19-10-17(25-27(19)15-5-3-2-4-6-15)20(29)24-16-9-14(21)7-8-18(16)26-12-22-11-23-26/h2-9,11-12,19H,10H2,1H3,(H,24,29). The van der Waals surface area contributed by atoms with Crippen LogP contribution in [0, 0.1) is 0 Å². The van der Waals surface area contributed by atoms with Gasteiger partial charge in [-0.05, 0) is 37.3 Å². The second-order valence-electron chi connectivity index (χ2n) is 6.51. The number of benzene rings is 2. The van der Waals surface area contributed by atoms with Gasteiger partial charge < -0.3 is 5.32 Å². The van der Waals surface area contributed by atoms with Crippen molar-refractivity contribution in [3.05, 3.63) is 66.2 Å². The van der Waals surface area contributed by atoms with E-state index in [0.29, 0.717) is 16.4 Å². The zero-order valence-corrected chi connectivity index (χ0v) is 16.2. The number of carbonyl (C=O) groups excluding carboxylic acids is 2. The monoisotopic (exact) mass is 408 g/mol. The minimum atomic E-state index is -0.521. The lowest BCUT2D eigenvalue weighted by atomic mass is 10.1. The van der Waals surface area contributed by atoms with Gasteiger partial charge in [0.25, 0.3) is 5.91 Å². The third-order valence-electron chi connectivity index (χ3n) is 4.53. The van der Waals surface area contributed by atoms with Crippen molar-refractivity contribution >= 4 is 40.4 Å². The summed E-state index contributed by atoms with van der Waals surface area (Å²) in [5, 5.41) is 13.4. The molecule has 0 bridgehead atoms. The number of rotatable bonds is 5. The van der Waals surface area contributed by atoms with Gasteiger partial charge in [-0.1, -0.05) is 29.8 Å². The highest BCUT2D eigenvalue weighted by molar-refractivity contribution is 6.44. The molecule has 3 aromatic rings. The van der Waals surface area contributed by atoms with Crippen molar-refractivity contribution in [3.8, 4) is 5.69 Å². The van der Waals surface area contributed by atoms with Gasteiger partial charge in [-0.15, -0.1) is 0 Å². The number of hydrazone groups is 1. The Hall–Kier alpha value is -3.52. The lowest BCUT2D eigenvalue weighted by Crippen LogP contribution is -2.33. The molecule has 1 N–H and O–H groups in total. The minimum absolute atomic E-state index is 0.0635. The average molecular weight is 409 g/mol. The van der Waals surface area contributed by atoms with E-state index in [-0.39, 0.29) is 17.9 Å². The Morgan fingerprint density at radius 1 is 1.17 bits per heavy atom. The van der Waals surface area contributed by atoms with Gasteiger partial charge in [-0.25, -0.2) is 9.67 Å². The van der Waals surface area contributed by atoms with Gasteiger partial charge in [0.15, 0.2) is 5.78 Å². The molecule has 29 heavy (non-hydrogen) atoms. The first-order valence-corrected chi connectivity index (χ1v) is 9.29. The molecule has 0 spiro atoms. The Morgan fingerprint density at radius 2 is 1.97 bits per heavy atom. The Kier molecular flexibility index (Phi) is 5.09. The number of nitrogens with one attached hydrogen (secondary N) is 1. The quantitative estimate of drug-likeness (QED) is 0.700. The van der Waals surface area contributed by atoms with Crippen LogP contribution < -0.4 is 10.3 Å². The first kappa shape index (κ1) is 18.8. The van der Waals surface area contributed by atoms with Gasteiger partial charge in [0.05, 0.1) is 17.1 Å². The summed E-state index contributed by atoms with van der Waals surface area (Å²) in [4.78, 5) is 29.0. The normalized spacial score (nSPS) is 15.9. The molecule has 2 heterocycles. The fourth-order valence-corrected chi connectivity index (χ4v) is 3.29. The van der Waals surface area contributed by atoms with Crippen LogP contribution in [0.15, 0.2) is 66.3 Å². The number of ketones is 1. The Bertz CT molecular complexity index is 1080. The highest BCUT2D eigenvalue weighted by Gasteiger charge is 2.34. The van der Waals surface area contributed by atoms with Crippen molar-refractivity contribution in [2.45, 2.75) is 19.4 Å². The fraction of sp³-hybridized carbons (Fsp3) is 0.150. The third-order valence-corrected chi connectivity index (χ3v) is 4.77. The summed E-state index contributed by atoms with van der Waals surface area (Å²) in [5.74, 6) is -0.468.